The fraction of sp³-hybridized carbons (Fsp3) is 1.00. The van der Waals surface area contributed by atoms with Crippen molar-refractivity contribution in [2.24, 2.45) is 11.8 Å². The van der Waals surface area contributed by atoms with Crippen LogP contribution in [0.15, 0.2) is 0 Å². The quantitative estimate of drug-likeness (QED) is 0.658. The van der Waals surface area contributed by atoms with Crippen LogP contribution in [0.25, 0.3) is 0 Å². The second kappa shape index (κ2) is 4.01. The predicted molar refractivity (Wildman–Crippen MR) is 54.7 cm³/mol. The lowest BCUT2D eigenvalue weighted by atomic mass is 10.00. The number of hydrogen-bond acceptors (Lipinski definition) is 4. The summed E-state index contributed by atoms with van der Waals surface area (Å²) in [5.41, 5.74) is 0. The highest BCUT2D eigenvalue weighted by Gasteiger charge is 2.45. The first-order valence-corrected chi connectivity index (χ1v) is 6.92. The minimum Gasteiger partial charge on any atom is -0.395 e. The Labute approximate surface area is 89.8 Å². The third kappa shape index (κ3) is 2.04. The zero-order valence-corrected chi connectivity index (χ0v) is 9.36. The van der Waals surface area contributed by atoms with Gasteiger partial charge in [0.1, 0.15) is 0 Å². The van der Waals surface area contributed by atoms with Gasteiger partial charge in [0.25, 0.3) is 0 Å². The summed E-state index contributed by atoms with van der Waals surface area (Å²) < 4.78 is 24.7. The molecule has 1 aliphatic carbocycles. The molecule has 0 aromatic rings. The summed E-state index contributed by atoms with van der Waals surface area (Å²) in [7, 11) is -3.30. The molecule has 1 saturated heterocycles. The van der Waals surface area contributed by atoms with E-state index in [0.717, 1.165) is 12.8 Å². The Morgan fingerprint density at radius 2 is 2.00 bits per heavy atom. The lowest BCUT2D eigenvalue weighted by Gasteiger charge is -2.17. The molecule has 1 heterocycles. The summed E-state index contributed by atoms with van der Waals surface area (Å²) in [5, 5.41) is 18.3. The van der Waals surface area contributed by atoms with Gasteiger partial charge >= 0.3 is 0 Å². The van der Waals surface area contributed by atoms with Gasteiger partial charge in [0.15, 0.2) is 0 Å². The molecule has 2 rings (SSSR count). The van der Waals surface area contributed by atoms with E-state index in [0.29, 0.717) is 19.0 Å². The van der Waals surface area contributed by atoms with Crippen molar-refractivity contribution in [2.75, 3.05) is 25.4 Å². The molecule has 15 heavy (non-hydrogen) atoms. The Hall–Kier alpha value is -0.170. The molecule has 3 atom stereocenters. The maximum absolute atomic E-state index is 11.7. The van der Waals surface area contributed by atoms with Gasteiger partial charge in [-0.25, -0.2) is 12.7 Å². The molecular formula is C9H17NO4S. The van der Waals surface area contributed by atoms with Crippen molar-refractivity contribution in [3.63, 3.8) is 0 Å². The first-order valence-electron chi connectivity index (χ1n) is 5.31. The highest BCUT2D eigenvalue weighted by Crippen LogP contribution is 2.38. The Balaban J connectivity index is 2.05. The normalized spacial score (nSPS) is 37.1. The topological polar surface area (TPSA) is 77.8 Å². The molecule has 2 fully saturated rings. The van der Waals surface area contributed by atoms with Crippen molar-refractivity contribution in [1.29, 1.82) is 0 Å². The van der Waals surface area contributed by atoms with Crippen LogP contribution < -0.4 is 0 Å². The van der Waals surface area contributed by atoms with Crippen LogP contribution in [0.4, 0.5) is 0 Å². The minimum atomic E-state index is -3.30. The van der Waals surface area contributed by atoms with E-state index in [1.54, 1.807) is 0 Å². The van der Waals surface area contributed by atoms with E-state index in [1.807, 2.05) is 0 Å². The Morgan fingerprint density at radius 3 is 2.60 bits per heavy atom. The van der Waals surface area contributed by atoms with Gasteiger partial charge < -0.3 is 10.2 Å². The van der Waals surface area contributed by atoms with Crippen molar-refractivity contribution in [3.05, 3.63) is 0 Å². The summed E-state index contributed by atoms with van der Waals surface area (Å²) in [6, 6.07) is 0. The van der Waals surface area contributed by atoms with Crippen molar-refractivity contribution in [2.45, 2.75) is 18.9 Å². The van der Waals surface area contributed by atoms with Crippen molar-refractivity contribution < 1.29 is 18.6 Å². The largest absolute Gasteiger partial charge is 0.395 e. The Bertz CT molecular complexity index is 329. The number of aliphatic hydroxyl groups is 2. The van der Waals surface area contributed by atoms with Gasteiger partial charge in [-0.15, -0.1) is 0 Å². The van der Waals surface area contributed by atoms with Crippen molar-refractivity contribution in [1.82, 2.24) is 4.31 Å². The van der Waals surface area contributed by atoms with Gasteiger partial charge in [0.05, 0.1) is 18.5 Å². The monoisotopic (exact) mass is 235 g/mol. The van der Waals surface area contributed by atoms with Crippen LogP contribution >= 0.6 is 0 Å². The van der Waals surface area contributed by atoms with Gasteiger partial charge in [0.2, 0.25) is 10.0 Å². The maximum Gasteiger partial charge on any atom is 0.216 e. The molecule has 2 N–H and O–H groups in total. The predicted octanol–water partition coefficient (Wildman–Crippen LogP) is -0.989. The molecule has 0 bridgehead atoms. The van der Waals surface area contributed by atoms with Gasteiger partial charge in [-0.3, -0.25) is 0 Å². The zero-order valence-electron chi connectivity index (χ0n) is 8.54. The molecule has 3 unspecified atom stereocenters. The smallest absolute Gasteiger partial charge is 0.216 e. The highest BCUT2D eigenvalue weighted by atomic mass is 32.2. The SMILES string of the molecule is O=S(=O)(CCO)N1CC2CCC(O)C2C1. The summed E-state index contributed by atoms with van der Waals surface area (Å²) in [6.07, 6.45) is 1.37. The molecular weight excluding hydrogens is 218 g/mol. The molecule has 5 nitrogen and oxygen atoms in total. The lowest BCUT2D eigenvalue weighted by Crippen LogP contribution is -2.33. The van der Waals surface area contributed by atoms with E-state index in [9.17, 15) is 13.5 Å². The van der Waals surface area contributed by atoms with Gasteiger partial charge in [-0.1, -0.05) is 0 Å². The third-order valence-electron chi connectivity index (χ3n) is 3.53. The van der Waals surface area contributed by atoms with Crippen LogP contribution in [0.5, 0.6) is 0 Å². The van der Waals surface area contributed by atoms with E-state index in [4.69, 9.17) is 5.11 Å². The number of aliphatic hydroxyl groups excluding tert-OH is 2. The average molecular weight is 235 g/mol. The average Bonchev–Trinajstić information content (AvgIpc) is 2.69. The van der Waals surface area contributed by atoms with Crippen LogP contribution in [0.2, 0.25) is 0 Å². The molecule has 0 radical (unpaired) electrons. The van der Waals surface area contributed by atoms with Crippen LogP contribution in [0, 0.1) is 11.8 Å². The lowest BCUT2D eigenvalue weighted by molar-refractivity contribution is 0.129. The summed E-state index contributed by atoms with van der Waals surface area (Å²) in [6.45, 7) is 0.606. The summed E-state index contributed by atoms with van der Waals surface area (Å²) in [4.78, 5) is 0. The minimum absolute atomic E-state index is 0.110. The molecule has 1 saturated carbocycles. The number of sulfonamides is 1. The van der Waals surface area contributed by atoms with E-state index < -0.39 is 10.0 Å². The second-order valence-corrected chi connectivity index (χ2v) is 6.51. The van der Waals surface area contributed by atoms with Crippen LogP contribution in [-0.4, -0.2) is 54.5 Å². The molecule has 0 amide bonds. The summed E-state index contributed by atoms with van der Waals surface area (Å²) >= 11 is 0. The van der Waals surface area contributed by atoms with E-state index >= 15 is 0 Å². The standard InChI is InChI=1S/C9H17NO4S/c11-3-4-15(13,14)10-5-7-1-2-9(12)8(7)6-10/h7-9,11-12H,1-6H2. The fourth-order valence-electron chi connectivity index (χ4n) is 2.67. The van der Waals surface area contributed by atoms with Gasteiger partial charge in [-0.05, 0) is 18.8 Å². The molecule has 0 spiro atoms. The second-order valence-electron chi connectivity index (χ2n) is 4.43. The molecule has 1 aliphatic heterocycles. The van der Waals surface area contributed by atoms with Gasteiger partial charge in [0, 0.05) is 19.0 Å². The number of nitrogens with zero attached hydrogens (tertiary/aromatic N) is 1. The zero-order chi connectivity index (χ0) is 11.1. The first-order chi connectivity index (χ1) is 7.04. The van der Waals surface area contributed by atoms with E-state index in [1.165, 1.54) is 4.31 Å². The van der Waals surface area contributed by atoms with Crippen molar-refractivity contribution in [3.8, 4) is 0 Å². The third-order valence-corrected chi connectivity index (χ3v) is 5.31. The first kappa shape index (κ1) is 11.3. The van der Waals surface area contributed by atoms with E-state index in [-0.39, 0.29) is 24.4 Å². The highest BCUT2D eigenvalue weighted by molar-refractivity contribution is 7.89. The molecule has 0 aromatic carbocycles. The number of hydrogen-bond donors (Lipinski definition) is 2. The number of rotatable bonds is 3. The van der Waals surface area contributed by atoms with Crippen LogP contribution in [-0.2, 0) is 10.0 Å². The number of fused-ring (bicyclic) bond motifs is 1. The molecule has 88 valence electrons. The molecule has 6 heteroatoms. The summed E-state index contributed by atoms with van der Waals surface area (Å²) in [5.74, 6) is 0.217. The Kier molecular flexibility index (Phi) is 3.03. The van der Waals surface area contributed by atoms with Crippen LogP contribution in [0.3, 0.4) is 0 Å². The fourth-order valence-corrected chi connectivity index (χ4v) is 3.97. The van der Waals surface area contributed by atoms with E-state index in [2.05, 4.69) is 0 Å². The molecule has 2 aliphatic rings. The van der Waals surface area contributed by atoms with Crippen LogP contribution in [0.1, 0.15) is 12.8 Å². The maximum atomic E-state index is 11.7. The Morgan fingerprint density at radius 1 is 1.27 bits per heavy atom. The van der Waals surface area contributed by atoms with Gasteiger partial charge in [-0.2, -0.15) is 0 Å². The van der Waals surface area contributed by atoms with Crippen molar-refractivity contribution >= 4 is 10.0 Å². The molecule has 0 aromatic heterocycles.